The number of carbonyl (C=O) groups excluding carboxylic acids is 2. The third-order valence-electron chi connectivity index (χ3n) is 4.85. The van der Waals surface area contributed by atoms with Crippen LogP contribution in [-0.4, -0.2) is 46.8 Å². The summed E-state index contributed by atoms with van der Waals surface area (Å²) in [5.74, 6) is -0.151. The van der Waals surface area contributed by atoms with Gasteiger partial charge in [-0.05, 0) is 42.7 Å². The summed E-state index contributed by atoms with van der Waals surface area (Å²) in [6, 6.07) is 3.21. The van der Waals surface area contributed by atoms with Crippen LogP contribution in [0.15, 0.2) is 11.4 Å². The van der Waals surface area contributed by atoms with Crippen molar-refractivity contribution in [3.8, 4) is 6.07 Å². The first kappa shape index (κ1) is 16.9. The van der Waals surface area contributed by atoms with Crippen molar-refractivity contribution in [2.75, 3.05) is 13.1 Å². The number of nitrogens with zero attached hydrogens (tertiary/aromatic N) is 3. The number of fused-ring (bicyclic) bond motifs is 1. The molecule has 0 spiro atoms. The van der Waals surface area contributed by atoms with Crippen molar-refractivity contribution in [2.24, 2.45) is 5.73 Å². The van der Waals surface area contributed by atoms with Gasteiger partial charge in [-0.2, -0.15) is 5.26 Å². The zero-order valence-corrected chi connectivity index (χ0v) is 14.4. The van der Waals surface area contributed by atoms with Crippen LogP contribution in [-0.2, 0) is 22.6 Å². The Balaban J connectivity index is 1.49. The number of nitrogens with two attached hydrogens (primary N) is 1. The van der Waals surface area contributed by atoms with Gasteiger partial charge in [-0.15, -0.1) is 11.3 Å². The molecule has 2 N–H and O–H groups in total. The number of rotatable bonds is 4. The SMILES string of the molecule is N#C[C@@H]1CCCN1C(=O)[C@@H](N)CCC(=O)N1CCc2ccsc2C1. The molecule has 0 aliphatic carbocycles. The first-order valence-electron chi connectivity index (χ1n) is 8.39. The zero-order chi connectivity index (χ0) is 17.1. The first-order chi connectivity index (χ1) is 11.6. The molecule has 2 aliphatic rings. The summed E-state index contributed by atoms with van der Waals surface area (Å²) in [5.41, 5.74) is 7.32. The van der Waals surface area contributed by atoms with Gasteiger partial charge in [0, 0.05) is 24.4 Å². The van der Waals surface area contributed by atoms with Crippen molar-refractivity contribution in [1.29, 1.82) is 5.26 Å². The maximum Gasteiger partial charge on any atom is 0.240 e. The molecule has 0 bridgehead atoms. The second-order valence-electron chi connectivity index (χ2n) is 6.40. The Morgan fingerprint density at radius 1 is 1.46 bits per heavy atom. The molecule has 3 heterocycles. The third kappa shape index (κ3) is 3.45. The second-order valence-corrected chi connectivity index (χ2v) is 7.40. The molecular formula is C17H22N4O2S. The summed E-state index contributed by atoms with van der Waals surface area (Å²) in [4.78, 5) is 29.4. The predicted octanol–water partition coefficient (Wildman–Crippen LogP) is 1.25. The molecular weight excluding hydrogens is 324 g/mol. The van der Waals surface area contributed by atoms with Crippen LogP contribution in [0, 0.1) is 11.3 Å². The molecule has 0 aromatic carbocycles. The highest BCUT2D eigenvalue weighted by Crippen LogP contribution is 2.25. The number of likely N-dealkylation sites (tertiary alicyclic amines) is 1. The summed E-state index contributed by atoms with van der Waals surface area (Å²) >= 11 is 1.69. The van der Waals surface area contributed by atoms with Gasteiger partial charge in [-0.25, -0.2) is 0 Å². The summed E-state index contributed by atoms with van der Waals surface area (Å²) < 4.78 is 0. The van der Waals surface area contributed by atoms with E-state index in [2.05, 4.69) is 17.5 Å². The van der Waals surface area contributed by atoms with E-state index in [0.717, 1.165) is 19.4 Å². The summed E-state index contributed by atoms with van der Waals surface area (Å²) in [6.45, 7) is 1.98. The fourth-order valence-electron chi connectivity index (χ4n) is 3.39. The Labute approximate surface area is 145 Å². The minimum atomic E-state index is -0.704. The highest BCUT2D eigenvalue weighted by Gasteiger charge is 2.32. The van der Waals surface area contributed by atoms with E-state index in [1.807, 2.05) is 4.90 Å². The first-order valence-corrected chi connectivity index (χ1v) is 9.27. The average Bonchev–Trinajstić information content (AvgIpc) is 3.26. The predicted molar refractivity (Wildman–Crippen MR) is 91.0 cm³/mol. The van der Waals surface area contributed by atoms with Crippen molar-refractivity contribution in [1.82, 2.24) is 9.80 Å². The van der Waals surface area contributed by atoms with Gasteiger partial charge in [0.25, 0.3) is 0 Å². The minimum absolute atomic E-state index is 0.0514. The number of thiophene rings is 1. The van der Waals surface area contributed by atoms with Gasteiger partial charge in [0.15, 0.2) is 0 Å². The summed E-state index contributed by atoms with van der Waals surface area (Å²) in [5, 5.41) is 11.1. The van der Waals surface area contributed by atoms with Gasteiger partial charge >= 0.3 is 0 Å². The lowest BCUT2D eigenvalue weighted by Crippen LogP contribution is -2.46. The Bertz CT molecular complexity index is 666. The van der Waals surface area contributed by atoms with Gasteiger partial charge < -0.3 is 15.5 Å². The lowest BCUT2D eigenvalue weighted by atomic mass is 10.1. The number of carbonyl (C=O) groups is 2. The molecule has 7 heteroatoms. The lowest BCUT2D eigenvalue weighted by molar-refractivity contribution is -0.134. The maximum atomic E-state index is 12.4. The number of hydrogen-bond donors (Lipinski definition) is 1. The monoisotopic (exact) mass is 346 g/mol. The quantitative estimate of drug-likeness (QED) is 0.888. The fourth-order valence-corrected chi connectivity index (χ4v) is 4.34. The van der Waals surface area contributed by atoms with E-state index < -0.39 is 6.04 Å². The number of nitriles is 1. The normalized spacial score (nSPS) is 21.2. The molecule has 2 amide bonds. The Morgan fingerprint density at radius 2 is 2.29 bits per heavy atom. The van der Waals surface area contributed by atoms with Crippen LogP contribution >= 0.6 is 11.3 Å². The summed E-state index contributed by atoms with van der Waals surface area (Å²) in [6.07, 6.45) is 3.06. The molecule has 24 heavy (non-hydrogen) atoms. The van der Waals surface area contributed by atoms with E-state index in [1.54, 1.807) is 16.2 Å². The average molecular weight is 346 g/mol. The molecule has 2 aliphatic heterocycles. The van der Waals surface area contributed by atoms with E-state index in [9.17, 15) is 9.59 Å². The van der Waals surface area contributed by atoms with Crippen LogP contribution in [0.25, 0.3) is 0 Å². The third-order valence-corrected chi connectivity index (χ3v) is 5.80. The van der Waals surface area contributed by atoms with E-state index in [4.69, 9.17) is 11.0 Å². The van der Waals surface area contributed by atoms with Crippen LogP contribution in [0.2, 0.25) is 0 Å². The second kappa shape index (κ2) is 7.32. The molecule has 6 nitrogen and oxygen atoms in total. The van der Waals surface area contributed by atoms with Crippen LogP contribution in [0.4, 0.5) is 0 Å². The molecule has 128 valence electrons. The number of amides is 2. The van der Waals surface area contributed by atoms with Crippen molar-refractivity contribution in [2.45, 2.75) is 50.7 Å². The Hall–Kier alpha value is -1.91. The topological polar surface area (TPSA) is 90.4 Å². The zero-order valence-electron chi connectivity index (χ0n) is 13.6. The minimum Gasteiger partial charge on any atom is -0.337 e. The highest BCUT2D eigenvalue weighted by atomic mass is 32.1. The molecule has 1 saturated heterocycles. The smallest absolute Gasteiger partial charge is 0.240 e. The van der Waals surface area contributed by atoms with E-state index in [0.29, 0.717) is 25.9 Å². The van der Waals surface area contributed by atoms with Gasteiger partial charge in [0.05, 0.1) is 18.7 Å². The molecule has 0 radical (unpaired) electrons. The largest absolute Gasteiger partial charge is 0.337 e. The summed E-state index contributed by atoms with van der Waals surface area (Å²) in [7, 11) is 0. The van der Waals surface area contributed by atoms with E-state index >= 15 is 0 Å². The lowest BCUT2D eigenvalue weighted by Gasteiger charge is -2.28. The van der Waals surface area contributed by atoms with Crippen LogP contribution in [0.1, 0.15) is 36.1 Å². The van der Waals surface area contributed by atoms with Crippen molar-refractivity contribution in [3.63, 3.8) is 0 Å². The van der Waals surface area contributed by atoms with Gasteiger partial charge in [-0.1, -0.05) is 0 Å². The standard InChI is InChI=1S/C17H22N4O2S/c18-10-13-2-1-7-21(13)17(23)14(19)3-4-16(22)20-8-5-12-6-9-24-15(12)11-20/h6,9,13-14H,1-5,7-8,11,19H2/t13-,14-/m0/s1. The van der Waals surface area contributed by atoms with E-state index in [1.165, 1.54) is 10.4 Å². The van der Waals surface area contributed by atoms with Crippen LogP contribution in [0.5, 0.6) is 0 Å². The van der Waals surface area contributed by atoms with Gasteiger partial charge in [0.1, 0.15) is 6.04 Å². The van der Waals surface area contributed by atoms with Crippen LogP contribution < -0.4 is 5.73 Å². The molecule has 3 rings (SSSR count). The van der Waals surface area contributed by atoms with Crippen molar-refractivity contribution >= 4 is 23.2 Å². The van der Waals surface area contributed by atoms with E-state index in [-0.39, 0.29) is 24.3 Å². The van der Waals surface area contributed by atoms with Crippen molar-refractivity contribution in [3.05, 3.63) is 21.9 Å². The molecule has 0 saturated carbocycles. The maximum absolute atomic E-state index is 12.4. The Morgan fingerprint density at radius 3 is 3.08 bits per heavy atom. The molecule has 1 aromatic heterocycles. The molecule has 2 atom stereocenters. The molecule has 0 unspecified atom stereocenters. The van der Waals surface area contributed by atoms with Gasteiger partial charge in [0.2, 0.25) is 11.8 Å². The van der Waals surface area contributed by atoms with Crippen LogP contribution in [0.3, 0.4) is 0 Å². The highest BCUT2D eigenvalue weighted by molar-refractivity contribution is 7.10. The van der Waals surface area contributed by atoms with Crippen molar-refractivity contribution < 1.29 is 9.59 Å². The molecule has 1 fully saturated rings. The number of hydrogen-bond acceptors (Lipinski definition) is 5. The fraction of sp³-hybridized carbons (Fsp3) is 0.588. The Kier molecular flexibility index (Phi) is 5.17. The molecule has 1 aromatic rings. The van der Waals surface area contributed by atoms with Gasteiger partial charge in [-0.3, -0.25) is 9.59 Å².